The van der Waals surface area contributed by atoms with Crippen LogP contribution in [0.25, 0.3) is 0 Å². The van der Waals surface area contributed by atoms with Crippen LogP contribution in [0.3, 0.4) is 0 Å². The number of ether oxygens (including phenoxy) is 1. The van der Waals surface area contributed by atoms with E-state index < -0.39 is 0 Å². The van der Waals surface area contributed by atoms with E-state index in [1.165, 1.54) is 11.1 Å². The fourth-order valence-corrected chi connectivity index (χ4v) is 3.07. The molecular formula is C19H21NO2. The summed E-state index contributed by atoms with van der Waals surface area (Å²) in [6.07, 6.45) is 1.75. The van der Waals surface area contributed by atoms with E-state index in [4.69, 9.17) is 4.74 Å². The fourth-order valence-electron chi connectivity index (χ4n) is 3.07. The first-order valence-electron chi connectivity index (χ1n) is 7.81. The first kappa shape index (κ1) is 14.6. The molecule has 1 saturated heterocycles. The summed E-state index contributed by atoms with van der Waals surface area (Å²) >= 11 is 0. The van der Waals surface area contributed by atoms with Crippen molar-refractivity contribution in [2.24, 2.45) is 0 Å². The number of aryl methyl sites for hydroxylation is 1. The Bertz CT molecular complexity index is 631. The Hall–Kier alpha value is -2.29. The van der Waals surface area contributed by atoms with Crippen molar-refractivity contribution >= 4 is 6.09 Å². The van der Waals surface area contributed by atoms with Crippen LogP contribution in [0.4, 0.5) is 4.79 Å². The molecule has 22 heavy (non-hydrogen) atoms. The zero-order valence-corrected chi connectivity index (χ0v) is 12.9. The van der Waals surface area contributed by atoms with Crippen molar-refractivity contribution in [1.29, 1.82) is 0 Å². The molecule has 1 heterocycles. The molecule has 1 amide bonds. The Labute approximate surface area is 131 Å². The highest BCUT2D eigenvalue weighted by Crippen LogP contribution is 2.30. The number of rotatable bonds is 2. The summed E-state index contributed by atoms with van der Waals surface area (Å²) < 4.78 is 5.41. The monoisotopic (exact) mass is 295 g/mol. The summed E-state index contributed by atoms with van der Waals surface area (Å²) in [4.78, 5) is 14.0. The van der Waals surface area contributed by atoms with E-state index in [1.54, 1.807) is 12.1 Å². The number of nitrogens with zero attached hydrogens (tertiary/aromatic N) is 1. The van der Waals surface area contributed by atoms with E-state index in [9.17, 15) is 4.79 Å². The van der Waals surface area contributed by atoms with Gasteiger partial charge in [-0.3, -0.25) is 0 Å². The Morgan fingerprint density at radius 3 is 2.32 bits per heavy atom. The molecular weight excluding hydrogens is 274 g/mol. The molecule has 0 saturated carbocycles. The van der Waals surface area contributed by atoms with Crippen LogP contribution in [0, 0.1) is 6.92 Å². The summed E-state index contributed by atoms with van der Waals surface area (Å²) in [5, 5.41) is 0. The lowest BCUT2D eigenvalue weighted by Gasteiger charge is -2.32. The third-order valence-electron chi connectivity index (χ3n) is 4.33. The normalized spacial score (nSPS) is 15.6. The second-order valence-electron chi connectivity index (χ2n) is 5.80. The van der Waals surface area contributed by atoms with E-state index in [0.717, 1.165) is 25.9 Å². The topological polar surface area (TPSA) is 29.5 Å². The van der Waals surface area contributed by atoms with Crippen LogP contribution in [0.5, 0.6) is 5.75 Å². The second kappa shape index (κ2) is 6.65. The Morgan fingerprint density at radius 1 is 1.00 bits per heavy atom. The second-order valence-corrected chi connectivity index (χ2v) is 5.80. The SMILES string of the molecule is Cc1ccccc1C1CCN(C(=O)Oc2ccccc2)CC1. The van der Waals surface area contributed by atoms with Gasteiger partial charge in [0.05, 0.1) is 0 Å². The van der Waals surface area contributed by atoms with Gasteiger partial charge in [-0.2, -0.15) is 0 Å². The highest BCUT2D eigenvalue weighted by Gasteiger charge is 2.25. The number of likely N-dealkylation sites (tertiary alicyclic amines) is 1. The molecule has 0 atom stereocenters. The van der Waals surface area contributed by atoms with Crippen LogP contribution in [0.15, 0.2) is 54.6 Å². The number of carbonyl (C=O) groups is 1. The number of hydrogen-bond acceptors (Lipinski definition) is 2. The Kier molecular flexibility index (Phi) is 4.42. The molecule has 0 bridgehead atoms. The van der Waals surface area contributed by atoms with E-state index >= 15 is 0 Å². The number of amides is 1. The molecule has 2 aromatic carbocycles. The molecule has 3 heteroatoms. The third-order valence-corrected chi connectivity index (χ3v) is 4.33. The highest BCUT2D eigenvalue weighted by molar-refractivity contribution is 5.70. The average molecular weight is 295 g/mol. The number of benzene rings is 2. The summed E-state index contributed by atoms with van der Waals surface area (Å²) in [5.74, 6) is 1.15. The molecule has 3 nitrogen and oxygen atoms in total. The molecule has 1 aliphatic rings. The number of piperidine rings is 1. The smallest absolute Gasteiger partial charge is 0.410 e. The largest absolute Gasteiger partial charge is 0.415 e. The third kappa shape index (κ3) is 3.30. The van der Waals surface area contributed by atoms with Crippen molar-refractivity contribution in [2.45, 2.75) is 25.7 Å². The van der Waals surface area contributed by atoms with Gasteiger partial charge in [0, 0.05) is 13.1 Å². The number of carbonyl (C=O) groups excluding carboxylic acids is 1. The van der Waals surface area contributed by atoms with Crippen molar-refractivity contribution in [3.8, 4) is 5.75 Å². The van der Waals surface area contributed by atoms with Crippen molar-refractivity contribution < 1.29 is 9.53 Å². The molecule has 114 valence electrons. The number of hydrogen-bond donors (Lipinski definition) is 0. The minimum Gasteiger partial charge on any atom is -0.410 e. The van der Waals surface area contributed by atoms with Crippen LogP contribution in [-0.4, -0.2) is 24.1 Å². The summed E-state index contributed by atoms with van der Waals surface area (Å²) in [7, 11) is 0. The molecule has 0 radical (unpaired) electrons. The quantitative estimate of drug-likeness (QED) is 0.823. The predicted molar refractivity (Wildman–Crippen MR) is 87.2 cm³/mol. The molecule has 0 N–H and O–H groups in total. The molecule has 2 aromatic rings. The van der Waals surface area contributed by atoms with Gasteiger partial charge in [-0.25, -0.2) is 4.79 Å². The van der Waals surface area contributed by atoms with E-state index in [1.807, 2.05) is 23.1 Å². The standard InChI is InChI=1S/C19H21NO2/c1-15-7-5-6-10-18(15)16-11-13-20(14-12-16)19(21)22-17-8-3-2-4-9-17/h2-10,16H,11-14H2,1H3. The predicted octanol–water partition coefficient (Wildman–Crippen LogP) is 4.37. The highest BCUT2D eigenvalue weighted by atomic mass is 16.6. The van der Waals surface area contributed by atoms with Crippen molar-refractivity contribution in [2.75, 3.05) is 13.1 Å². The van der Waals surface area contributed by atoms with Crippen LogP contribution >= 0.6 is 0 Å². The van der Waals surface area contributed by atoms with Gasteiger partial charge in [0.2, 0.25) is 0 Å². The summed E-state index contributed by atoms with van der Waals surface area (Å²) in [5.41, 5.74) is 2.76. The van der Waals surface area contributed by atoms with Gasteiger partial charge in [-0.1, -0.05) is 42.5 Å². The minimum absolute atomic E-state index is 0.241. The first-order chi connectivity index (χ1) is 10.7. The van der Waals surface area contributed by atoms with Crippen molar-refractivity contribution in [3.63, 3.8) is 0 Å². The summed E-state index contributed by atoms with van der Waals surface area (Å²) in [6.45, 7) is 3.67. The van der Waals surface area contributed by atoms with E-state index in [2.05, 4.69) is 31.2 Å². The lowest BCUT2D eigenvalue weighted by atomic mass is 9.87. The van der Waals surface area contributed by atoms with E-state index in [0.29, 0.717) is 11.7 Å². The van der Waals surface area contributed by atoms with Crippen molar-refractivity contribution in [1.82, 2.24) is 4.90 Å². The maximum atomic E-state index is 12.2. The summed E-state index contributed by atoms with van der Waals surface area (Å²) in [6, 6.07) is 17.8. The van der Waals surface area contributed by atoms with Gasteiger partial charge in [0.1, 0.15) is 5.75 Å². The molecule has 0 spiro atoms. The van der Waals surface area contributed by atoms with E-state index in [-0.39, 0.29) is 6.09 Å². The maximum Gasteiger partial charge on any atom is 0.415 e. The van der Waals surface area contributed by atoms with Crippen LogP contribution in [-0.2, 0) is 0 Å². The Balaban J connectivity index is 1.58. The van der Waals surface area contributed by atoms with Gasteiger partial charge in [0.15, 0.2) is 0 Å². The molecule has 3 rings (SSSR count). The van der Waals surface area contributed by atoms with Gasteiger partial charge >= 0.3 is 6.09 Å². The first-order valence-corrected chi connectivity index (χ1v) is 7.81. The zero-order valence-electron chi connectivity index (χ0n) is 12.9. The maximum absolute atomic E-state index is 12.2. The molecule has 0 unspecified atom stereocenters. The molecule has 1 aliphatic heterocycles. The van der Waals surface area contributed by atoms with Gasteiger partial charge < -0.3 is 9.64 Å². The van der Waals surface area contributed by atoms with Gasteiger partial charge in [-0.15, -0.1) is 0 Å². The average Bonchev–Trinajstić information content (AvgIpc) is 2.56. The fraction of sp³-hybridized carbons (Fsp3) is 0.316. The number of para-hydroxylation sites is 1. The lowest BCUT2D eigenvalue weighted by Crippen LogP contribution is -2.39. The molecule has 0 aromatic heterocycles. The van der Waals surface area contributed by atoms with Crippen LogP contribution < -0.4 is 4.74 Å². The zero-order chi connectivity index (χ0) is 15.4. The minimum atomic E-state index is -0.241. The van der Waals surface area contributed by atoms with Gasteiger partial charge in [-0.05, 0) is 48.9 Å². The lowest BCUT2D eigenvalue weighted by molar-refractivity contribution is 0.138. The molecule has 0 aliphatic carbocycles. The van der Waals surface area contributed by atoms with Crippen LogP contribution in [0.2, 0.25) is 0 Å². The van der Waals surface area contributed by atoms with Crippen molar-refractivity contribution in [3.05, 3.63) is 65.7 Å². The Morgan fingerprint density at radius 2 is 1.64 bits per heavy atom. The van der Waals surface area contributed by atoms with Gasteiger partial charge in [0.25, 0.3) is 0 Å². The molecule has 1 fully saturated rings. The van der Waals surface area contributed by atoms with Crippen LogP contribution in [0.1, 0.15) is 29.9 Å².